The van der Waals surface area contributed by atoms with Crippen LogP contribution in [0.1, 0.15) is 60.6 Å². The Kier molecular flexibility index (Phi) is 6.52. The molecule has 1 aliphatic carbocycles. The van der Waals surface area contributed by atoms with Crippen LogP contribution >= 0.6 is 0 Å². The van der Waals surface area contributed by atoms with Crippen LogP contribution in [0.2, 0.25) is 0 Å². The first kappa shape index (κ1) is 20.7. The van der Waals surface area contributed by atoms with Crippen LogP contribution in [0.15, 0.2) is 24.4 Å². The van der Waals surface area contributed by atoms with Crippen LogP contribution < -0.4 is 14.8 Å². The van der Waals surface area contributed by atoms with Crippen LogP contribution in [0.5, 0.6) is 11.5 Å². The molecule has 1 aliphatic heterocycles. The van der Waals surface area contributed by atoms with E-state index in [9.17, 15) is 4.79 Å². The molecule has 30 heavy (non-hydrogen) atoms. The van der Waals surface area contributed by atoms with Crippen molar-refractivity contribution in [3.8, 4) is 11.5 Å². The molecule has 1 aromatic heterocycles. The average Bonchev–Trinajstić information content (AvgIpc) is 3.46. The zero-order valence-electron chi connectivity index (χ0n) is 17.8. The molecule has 1 saturated carbocycles. The molecule has 0 radical (unpaired) electrons. The van der Waals surface area contributed by atoms with Crippen molar-refractivity contribution in [2.75, 3.05) is 27.3 Å². The van der Waals surface area contributed by atoms with Gasteiger partial charge in [-0.15, -0.1) is 5.10 Å². The number of carbonyl (C=O) groups excluding carboxylic acids is 1. The summed E-state index contributed by atoms with van der Waals surface area (Å²) >= 11 is 0. The number of likely N-dealkylation sites (tertiary alicyclic amines) is 1. The number of rotatable bonds is 7. The summed E-state index contributed by atoms with van der Waals surface area (Å²) in [5.41, 5.74) is 1.52. The molecule has 8 nitrogen and oxygen atoms in total. The summed E-state index contributed by atoms with van der Waals surface area (Å²) in [4.78, 5) is 14.9. The van der Waals surface area contributed by atoms with E-state index in [0.29, 0.717) is 5.69 Å². The number of nitrogens with one attached hydrogen (secondary N) is 1. The van der Waals surface area contributed by atoms with Gasteiger partial charge in [-0.3, -0.25) is 9.69 Å². The summed E-state index contributed by atoms with van der Waals surface area (Å²) in [6.07, 6.45) is 8.39. The maximum Gasteiger partial charge on any atom is 0.273 e. The zero-order chi connectivity index (χ0) is 20.9. The SMILES string of the molecule is COc1ccc(OC)c(CN2CCC[C@H](n3cc(C(=O)NC4CCCC4)nn3)C2)c1. The van der Waals surface area contributed by atoms with Crippen molar-refractivity contribution < 1.29 is 14.3 Å². The molecule has 162 valence electrons. The van der Waals surface area contributed by atoms with Gasteiger partial charge in [0.25, 0.3) is 5.91 Å². The molecule has 4 rings (SSSR count). The molecular weight excluding hydrogens is 382 g/mol. The molecule has 1 N–H and O–H groups in total. The molecule has 2 fully saturated rings. The zero-order valence-corrected chi connectivity index (χ0v) is 17.8. The topological polar surface area (TPSA) is 81.5 Å². The predicted molar refractivity (Wildman–Crippen MR) is 113 cm³/mol. The fourth-order valence-electron chi connectivity index (χ4n) is 4.53. The van der Waals surface area contributed by atoms with E-state index >= 15 is 0 Å². The largest absolute Gasteiger partial charge is 0.497 e. The van der Waals surface area contributed by atoms with E-state index in [-0.39, 0.29) is 18.0 Å². The molecule has 1 aromatic carbocycles. The summed E-state index contributed by atoms with van der Waals surface area (Å²) in [6, 6.07) is 6.38. The van der Waals surface area contributed by atoms with Crippen molar-refractivity contribution in [3.63, 3.8) is 0 Å². The minimum atomic E-state index is -0.109. The highest BCUT2D eigenvalue weighted by Gasteiger charge is 2.25. The highest BCUT2D eigenvalue weighted by Crippen LogP contribution is 2.28. The van der Waals surface area contributed by atoms with E-state index in [2.05, 4.69) is 20.5 Å². The van der Waals surface area contributed by atoms with Crippen LogP contribution in [0.25, 0.3) is 0 Å². The first-order valence-corrected chi connectivity index (χ1v) is 10.8. The molecule has 1 atom stereocenters. The lowest BCUT2D eigenvalue weighted by atomic mass is 10.0. The Morgan fingerprint density at radius 1 is 1.17 bits per heavy atom. The van der Waals surface area contributed by atoms with Gasteiger partial charge in [-0.1, -0.05) is 18.1 Å². The molecule has 2 aliphatic rings. The van der Waals surface area contributed by atoms with Crippen LogP contribution in [-0.2, 0) is 6.54 Å². The number of amides is 1. The van der Waals surface area contributed by atoms with Gasteiger partial charge in [0.05, 0.1) is 26.5 Å². The predicted octanol–water partition coefficient (Wildman–Crippen LogP) is 2.80. The standard InChI is InChI=1S/C22H31N5O3/c1-29-19-9-10-21(30-2)16(12-19)13-26-11-5-8-18(14-26)27-15-20(24-25-27)22(28)23-17-6-3-4-7-17/h9-10,12,15,17-18H,3-8,11,13-14H2,1-2H3,(H,23,28)/t18-/m0/s1. The Labute approximate surface area is 177 Å². The van der Waals surface area contributed by atoms with E-state index < -0.39 is 0 Å². The molecule has 2 heterocycles. The maximum atomic E-state index is 12.5. The number of aromatic nitrogens is 3. The summed E-state index contributed by atoms with van der Waals surface area (Å²) in [7, 11) is 3.37. The number of methoxy groups -OCH3 is 2. The van der Waals surface area contributed by atoms with Crippen molar-refractivity contribution in [1.82, 2.24) is 25.2 Å². The molecule has 8 heteroatoms. The third-order valence-electron chi connectivity index (χ3n) is 6.17. The number of ether oxygens (including phenoxy) is 2. The molecule has 0 unspecified atom stereocenters. The number of hydrogen-bond donors (Lipinski definition) is 1. The fraction of sp³-hybridized carbons (Fsp3) is 0.591. The van der Waals surface area contributed by atoms with Crippen molar-refractivity contribution in [3.05, 3.63) is 35.7 Å². The maximum absolute atomic E-state index is 12.5. The summed E-state index contributed by atoms with van der Waals surface area (Å²) in [5, 5.41) is 11.5. The second kappa shape index (κ2) is 9.47. The minimum absolute atomic E-state index is 0.109. The van der Waals surface area contributed by atoms with Gasteiger partial charge in [0.15, 0.2) is 5.69 Å². The monoisotopic (exact) mass is 413 g/mol. The lowest BCUT2D eigenvalue weighted by molar-refractivity contribution is 0.0932. The number of hydrogen-bond acceptors (Lipinski definition) is 6. The van der Waals surface area contributed by atoms with E-state index in [1.165, 1.54) is 12.8 Å². The molecular formula is C22H31N5O3. The number of piperidine rings is 1. The third kappa shape index (κ3) is 4.75. The van der Waals surface area contributed by atoms with Gasteiger partial charge in [0, 0.05) is 24.7 Å². The normalized spacial score (nSPS) is 20.3. The lowest BCUT2D eigenvalue weighted by Crippen LogP contribution is -2.36. The van der Waals surface area contributed by atoms with Gasteiger partial charge < -0.3 is 14.8 Å². The molecule has 1 amide bonds. The molecule has 0 spiro atoms. The van der Waals surface area contributed by atoms with Gasteiger partial charge >= 0.3 is 0 Å². The van der Waals surface area contributed by atoms with E-state index in [1.807, 2.05) is 22.9 Å². The van der Waals surface area contributed by atoms with E-state index in [0.717, 1.165) is 62.4 Å². The van der Waals surface area contributed by atoms with Crippen molar-refractivity contribution in [2.24, 2.45) is 0 Å². The highest BCUT2D eigenvalue weighted by molar-refractivity contribution is 5.92. The van der Waals surface area contributed by atoms with E-state index in [4.69, 9.17) is 9.47 Å². The van der Waals surface area contributed by atoms with Gasteiger partial charge in [0.1, 0.15) is 11.5 Å². The van der Waals surface area contributed by atoms with Crippen molar-refractivity contribution >= 4 is 5.91 Å². The first-order chi connectivity index (χ1) is 14.7. The average molecular weight is 414 g/mol. The van der Waals surface area contributed by atoms with Gasteiger partial charge in [-0.2, -0.15) is 0 Å². The Hall–Kier alpha value is -2.61. The van der Waals surface area contributed by atoms with Crippen molar-refractivity contribution in [1.29, 1.82) is 0 Å². The summed E-state index contributed by atoms with van der Waals surface area (Å²) in [6.45, 7) is 2.65. The quantitative estimate of drug-likeness (QED) is 0.752. The number of nitrogens with zero attached hydrogens (tertiary/aromatic N) is 4. The molecule has 2 aromatic rings. The minimum Gasteiger partial charge on any atom is -0.497 e. The van der Waals surface area contributed by atoms with Crippen LogP contribution in [0.3, 0.4) is 0 Å². The van der Waals surface area contributed by atoms with Crippen LogP contribution in [0.4, 0.5) is 0 Å². The summed E-state index contributed by atoms with van der Waals surface area (Å²) in [5.74, 6) is 1.58. The van der Waals surface area contributed by atoms with Gasteiger partial charge in [-0.25, -0.2) is 4.68 Å². The molecule has 0 bridgehead atoms. The molecule has 1 saturated heterocycles. The lowest BCUT2D eigenvalue weighted by Gasteiger charge is -2.32. The Morgan fingerprint density at radius 3 is 2.77 bits per heavy atom. The number of benzene rings is 1. The highest BCUT2D eigenvalue weighted by atomic mass is 16.5. The van der Waals surface area contributed by atoms with Crippen molar-refractivity contribution in [2.45, 2.75) is 57.2 Å². The van der Waals surface area contributed by atoms with Crippen LogP contribution in [-0.4, -0.2) is 59.2 Å². The summed E-state index contributed by atoms with van der Waals surface area (Å²) < 4.78 is 12.8. The second-order valence-electron chi connectivity index (χ2n) is 8.25. The van der Waals surface area contributed by atoms with Gasteiger partial charge in [0.2, 0.25) is 0 Å². The van der Waals surface area contributed by atoms with E-state index in [1.54, 1.807) is 20.4 Å². The Morgan fingerprint density at radius 2 is 2.00 bits per heavy atom. The Bertz CT molecular complexity index is 862. The second-order valence-corrected chi connectivity index (χ2v) is 8.25. The van der Waals surface area contributed by atoms with Crippen LogP contribution in [0, 0.1) is 0 Å². The first-order valence-electron chi connectivity index (χ1n) is 10.8. The third-order valence-corrected chi connectivity index (χ3v) is 6.17. The van der Waals surface area contributed by atoms with Gasteiger partial charge in [-0.05, 0) is 50.4 Å². The fourth-order valence-corrected chi connectivity index (χ4v) is 4.53. The smallest absolute Gasteiger partial charge is 0.273 e. The Balaban J connectivity index is 1.39. The number of carbonyl (C=O) groups is 1.